The van der Waals surface area contributed by atoms with Crippen molar-refractivity contribution in [1.29, 1.82) is 0 Å². The second-order valence-corrected chi connectivity index (χ2v) is 7.28. The van der Waals surface area contributed by atoms with E-state index in [1.165, 1.54) is 32.1 Å². The van der Waals surface area contributed by atoms with Crippen molar-refractivity contribution in [2.75, 3.05) is 0 Å². The van der Waals surface area contributed by atoms with Crippen LogP contribution in [0.5, 0.6) is 0 Å². The molecule has 0 heteroatoms. The Morgan fingerprint density at radius 2 is 1.32 bits per heavy atom. The summed E-state index contributed by atoms with van der Waals surface area (Å²) >= 11 is 0. The van der Waals surface area contributed by atoms with Crippen LogP contribution in [-0.2, 0) is 0 Å². The van der Waals surface area contributed by atoms with E-state index in [1.54, 1.807) is 0 Å². The van der Waals surface area contributed by atoms with Crippen LogP contribution in [0.25, 0.3) is 0 Å². The summed E-state index contributed by atoms with van der Waals surface area (Å²) in [5, 5.41) is 0. The summed E-state index contributed by atoms with van der Waals surface area (Å²) in [7, 11) is 0. The lowest BCUT2D eigenvalue weighted by molar-refractivity contribution is 0.373. The Bertz CT molecular complexity index is 226. The van der Waals surface area contributed by atoms with E-state index in [0.29, 0.717) is 5.92 Å². The lowest BCUT2D eigenvalue weighted by Crippen LogP contribution is -2.05. The van der Waals surface area contributed by atoms with Crippen molar-refractivity contribution in [3.05, 3.63) is 12.2 Å². The van der Waals surface area contributed by atoms with Crippen molar-refractivity contribution in [3.63, 3.8) is 0 Å². The summed E-state index contributed by atoms with van der Waals surface area (Å²) in [6.45, 7) is 16.4. The Hall–Kier alpha value is -0.260. The van der Waals surface area contributed by atoms with Gasteiger partial charge in [0.25, 0.3) is 0 Å². The molecular formula is C19H38. The Labute approximate surface area is 123 Å². The van der Waals surface area contributed by atoms with Crippen molar-refractivity contribution >= 4 is 0 Å². The summed E-state index contributed by atoms with van der Waals surface area (Å²) in [5.74, 6) is 3.99. The third-order valence-corrected chi connectivity index (χ3v) is 4.50. The third kappa shape index (κ3) is 10.2. The molecule has 0 aromatic heterocycles. The molecule has 0 bridgehead atoms. The van der Waals surface area contributed by atoms with Crippen LogP contribution < -0.4 is 0 Å². The van der Waals surface area contributed by atoms with Gasteiger partial charge in [-0.05, 0) is 36.0 Å². The quantitative estimate of drug-likeness (QED) is 0.385. The highest BCUT2D eigenvalue weighted by Crippen LogP contribution is 2.23. The van der Waals surface area contributed by atoms with Crippen LogP contribution in [0.4, 0.5) is 0 Å². The van der Waals surface area contributed by atoms with Gasteiger partial charge in [0.2, 0.25) is 0 Å². The molecule has 0 aromatic rings. The second-order valence-electron chi connectivity index (χ2n) is 7.28. The molecule has 0 saturated carbocycles. The zero-order valence-electron chi connectivity index (χ0n) is 14.6. The van der Waals surface area contributed by atoms with Crippen LogP contribution in [0.1, 0.15) is 80.6 Å². The van der Waals surface area contributed by atoms with E-state index in [1.807, 2.05) is 0 Å². The highest BCUT2D eigenvalue weighted by atomic mass is 14.2. The summed E-state index contributed by atoms with van der Waals surface area (Å²) < 4.78 is 0. The molecule has 0 aliphatic rings. The van der Waals surface area contributed by atoms with Gasteiger partial charge in [-0.1, -0.05) is 86.3 Å². The van der Waals surface area contributed by atoms with Crippen LogP contribution in [0.2, 0.25) is 0 Å². The van der Waals surface area contributed by atoms with Gasteiger partial charge in [-0.25, -0.2) is 0 Å². The normalized spacial score (nSPS) is 18.7. The molecule has 114 valence electrons. The lowest BCUT2D eigenvalue weighted by Gasteiger charge is -2.18. The van der Waals surface area contributed by atoms with Crippen molar-refractivity contribution < 1.29 is 0 Å². The van der Waals surface area contributed by atoms with Gasteiger partial charge >= 0.3 is 0 Å². The van der Waals surface area contributed by atoms with Gasteiger partial charge in [0, 0.05) is 0 Å². The highest BCUT2D eigenvalue weighted by Gasteiger charge is 2.10. The fraction of sp³-hybridized carbons (Fsp3) is 0.895. The van der Waals surface area contributed by atoms with Crippen molar-refractivity contribution in [2.24, 2.45) is 29.6 Å². The maximum atomic E-state index is 2.44. The van der Waals surface area contributed by atoms with Crippen molar-refractivity contribution in [3.8, 4) is 0 Å². The molecule has 0 rings (SSSR count). The topological polar surface area (TPSA) is 0 Å². The first-order valence-corrected chi connectivity index (χ1v) is 8.55. The Balaban J connectivity index is 3.89. The molecule has 4 unspecified atom stereocenters. The molecule has 0 aliphatic carbocycles. The van der Waals surface area contributed by atoms with E-state index >= 15 is 0 Å². The van der Waals surface area contributed by atoms with E-state index in [-0.39, 0.29) is 0 Å². The second kappa shape index (κ2) is 10.5. The smallest absolute Gasteiger partial charge is 0.0239 e. The van der Waals surface area contributed by atoms with Gasteiger partial charge < -0.3 is 0 Å². The monoisotopic (exact) mass is 266 g/mol. The van der Waals surface area contributed by atoms with Gasteiger partial charge in [0.05, 0.1) is 0 Å². The third-order valence-electron chi connectivity index (χ3n) is 4.50. The predicted octanol–water partition coefficient (Wildman–Crippen LogP) is 6.71. The van der Waals surface area contributed by atoms with Gasteiger partial charge in [-0.2, -0.15) is 0 Å². The number of hydrogen-bond donors (Lipinski definition) is 0. The summed E-state index contributed by atoms with van der Waals surface area (Å²) in [6, 6.07) is 0. The average molecular weight is 267 g/mol. The molecule has 19 heavy (non-hydrogen) atoms. The van der Waals surface area contributed by atoms with Crippen LogP contribution in [-0.4, -0.2) is 0 Å². The fourth-order valence-corrected chi connectivity index (χ4v) is 2.62. The van der Waals surface area contributed by atoms with Crippen LogP contribution in [0.3, 0.4) is 0 Å². The van der Waals surface area contributed by atoms with Crippen molar-refractivity contribution in [1.82, 2.24) is 0 Å². The largest absolute Gasteiger partial charge is 0.0854 e. The Kier molecular flexibility index (Phi) is 10.4. The standard InChI is InChI=1S/C19H38/c1-8-9-16(4)10-11-17(5)14-18(6)12-13-19(7)15(2)3/h12-13,15-19H,8-11,14H2,1-7H3. The number of rotatable bonds is 10. The molecule has 0 aromatic carbocycles. The van der Waals surface area contributed by atoms with Crippen molar-refractivity contribution in [2.45, 2.75) is 80.6 Å². The molecule has 0 spiro atoms. The molecule has 0 fully saturated rings. The predicted molar refractivity (Wildman–Crippen MR) is 89.4 cm³/mol. The van der Waals surface area contributed by atoms with Crippen LogP contribution >= 0.6 is 0 Å². The summed E-state index contributed by atoms with van der Waals surface area (Å²) in [5.41, 5.74) is 0. The van der Waals surface area contributed by atoms with E-state index < -0.39 is 0 Å². The first-order chi connectivity index (χ1) is 8.86. The van der Waals surface area contributed by atoms with Crippen LogP contribution in [0, 0.1) is 29.6 Å². The molecule has 0 nitrogen and oxygen atoms in total. The Morgan fingerprint density at radius 3 is 1.84 bits per heavy atom. The lowest BCUT2D eigenvalue weighted by atomic mass is 9.88. The molecule has 0 amide bonds. The number of allylic oxidation sites excluding steroid dienone is 2. The maximum Gasteiger partial charge on any atom is -0.0239 e. The zero-order chi connectivity index (χ0) is 14.8. The molecule has 0 N–H and O–H groups in total. The van der Waals surface area contributed by atoms with E-state index in [9.17, 15) is 0 Å². The molecule has 0 saturated heterocycles. The average Bonchev–Trinajstić information content (AvgIpc) is 2.33. The summed E-state index contributed by atoms with van der Waals surface area (Å²) in [4.78, 5) is 0. The first-order valence-electron chi connectivity index (χ1n) is 8.55. The highest BCUT2D eigenvalue weighted by molar-refractivity contribution is 4.91. The SMILES string of the molecule is CCCC(C)CCC(C)CC(C)C=CC(C)C(C)C. The maximum absolute atomic E-state index is 2.44. The van der Waals surface area contributed by atoms with E-state index in [2.05, 4.69) is 60.6 Å². The molecular weight excluding hydrogens is 228 g/mol. The molecule has 0 radical (unpaired) electrons. The minimum Gasteiger partial charge on any atom is -0.0854 e. The Morgan fingerprint density at radius 1 is 0.737 bits per heavy atom. The van der Waals surface area contributed by atoms with Gasteiger partial charge in [0.1, 0.15) is 0 Å². The first kappa shape index (κ1) is 18.7. The van der Waals surface area contributed by atoms with Gasteiger partial charge in [-0.15, -0.1) is 0 Å². The van der Waals surface area contributed by atoms with E-state index in [0.717, 1.165) is 23.7 Å². The molecule has 4 atom stereocenters. The number of hydrogen-bond acceptors (Lipinski definition) is 0. The summed E-state index contributed by atoms with van der Waals surface area (Å²) in [6.07, 6.45) is 11.8. The molecule has 0 aliphatic heterocycles. The minimum absolute atomic E-state index is 0.710. The molecule has 0 heterocycles. The van der Waals surface area contributed by atoms with Gasteiger partial charge in [-0.3, -0.25) is 0 Å². The van der Waals surface area contributed by atoms with Crippen LogP contribution in [0.15, 0.2) is 12.2 Å². The van der Waals surface area contributed by atoms with Gasteiger partial charge in [0.15, 0.2) is 0 Å². The minimum atomic E-state index is 0.710. The zero-order valence-corrected chi connectivity index (χ0v) is 14.6. The van der Waals surface area contributed by atoms with E-state index in [4.69, 9.17) is 0 Å². The fourth-order valence-electron chi connectivity index (χ4n) is 2.62.